The average molecular weight is 337 g/mol. The number of nitrogens with two attached hydrogens (primary N) is 1. The van der Waals surface area contributed by atoms with Gasteiger partial charge < -0.3 is 25.6 Å². The number of aliphatic hydroxyl groups excluding tert-OH is 1. The van der Waals surface area contributed by atoms with Crippen molar-refractivity contribution in [2.75, 3.05) is 32.9 Å². The number of carbonyl (C=O) groups excluding carboxylic acids is 1. The van der Waals surface area contributed by atoms with E-state index in [0.29, 0.717) is 35.5 Å². The van der Waals surface area contributed by atoms with Crippen molar-refractivity contribution in [3.05, 3.63) is 28.2 Å². The van der Waals surface area contributed by atoms with Crippen molar-refractivity contribution in [2.24, 2.45) is 5.73 Å². The molecule has 1 aromatic rings. The number of hydrogen-bond donors (Lipinski definition) is 3. The van der Waals surface area contributed by atoms with Crippen LogP contribution in [0.25, 0.3) is 0 Å². The molecule has 0 spiro atoms. The fraction of sp³-hybridized carbons (Fsp3) is 0.462. The van der Waals surface area contributed by atoms with Crippen molar-refractivity contribution >= 4 is 29.1 Å². The molecule has 1 rings (SSSR count). The number of aliphatic hydroxyl groups is 1. The molecule has 0 aliphatic carbocycles. The van der Waals surface area contributed by atoms with Gasteiger partial charge in [-0.15, -0.1) is 0 Å². The van der Waals surface area contributed by atoms with Crippen molar-refractivity contribution in [2.45, 2.75) is 6.10 Å². The van der Waals surface area contributed by atoms with E-state index in [9.17, 15) is 9.90 Å². The minimum Gasteiger partial charge on any atom is -0.489 e. The lowest BCUT2D eigenvalue weighted by molar-refractivity contribution is -0.122. The Morgan fingerprint density at radius 2 is 2.19 bits per heavy atom. The maximum Gasteiger partial charge on any atom is 0.243 e. The molecule has 1 atom stereocenters. The van der Waals surface area contributed by atoms with Crippen molar-refractivity contribution < 1.29 is 19.4 Å². The molecule has 118 valence electrons. The van der Waals surface area contributed by atoms with Crippen LogP contribution in [0.4, 0.5) is 0 Å². The molecule has 0 aromatic heterocycles. The monoisotopic (exact) mass is 336 g/mol. The third-order valence-corrected chi connectivity index (χ3v) is 2.92. The number of ether oxygens (including phenoxy) is 2. The first-order chi connectivity index (χ1) is 9.99. The Bertz CT molecular complexity index is 460. The second-order valence-electron chi connectivity index (χ2n) is 4.26. The van der Waals surface area contributed by atoms with E-state index in [1.807, 2.05) is 0 Å². The van der Waals surface area contributed by atoms with Crippen LogP contribution in [-0.2, 0) is 9.53 Å². The topological polar surface area (TPSA) is 93.8 Å². The van der Waals surface area contributed by atoms with E-state index < -0.39 is 12.0 Å². The van der Waals surface area contributed by atoms with Gasteiger partial charge in [-0.1, -0.05) is 23.2 Å². The van der Waals surface area contributed by atoms with Crippen LogP contribution in [0.15, 0.2) is 18.2 Å². The van der Waals surface area contributed by atoms with E-state index >= 15 is 0 Å². The Morgan fingerprint density at radius 1 is 1.43 bits per heavy atom. The first-order valence-corrected chi connectivity index (χ1v) is 7.07. The van der Waals surface area contributed by atoms with Crippen LogP contribution < -0.4 is 15.8 Å². The zero-order chi connectivity index (χ0) is 15.7. The molecule has 0 aliphatic rings. The number of amides is 1. The van der Waals surface area contributed by atoms with Gasteiger partial charge in [0, 0.05) is 24.2 Å². The SMILES string of the molecule is NC(=O)COCCNCC(O)COc1cc(Cl)ccc1Cl. The summed E-state index contributed by atoms with van der Waals surface area (Å²) in [6, 6.07) is 4.86. The number of primary amides is 1. The largest absolute Gasteiger partial charge is 0.489 e. The molecular weight excluding hydrogens is 319 g/mol. The van der Waals surface area contributed by atoms with E-state index in [4.69, 9.17) is 38.4 Å². The van der Waals surface area contributed by atoms with Crippen LogP contribution in [0, 0.1) is 0 Å². The van der Waals surface area contributed by atoms with Crippen LogP contribution in [0.3, 0.4) is 0 Å². The molecule has 0 heterocycles. The summed E-state index contributed by atoms with van der Waals surface area (Å²) in [5.74, 6) is -0.0881. The molecule has 0 saturated carbocycles. The highest BCUT2D eigenvalue weighted by Crippen LogP contribution is 2.27. The predicted octanol–water partition coefficient (Wildman–Crippen LogP) is 0.825. The quantitative estimate of drug-likeness (QED) is 0.550. The number of nitrogens with one attached hydrogen (secondary N) is 1. The maximum absolute atomic E-state index is 10.4. The molecule has 0 bridgehead atoms. The standard InChI is InChI=1S/C13H18Cl2N2O4/c14-9-1-2-11(15)12(5-9)21-7-10(18)6-17-3-4-20-8-13(16)19/h1-2,5,10,17-18H,3-4,6-8H2,(H2,16,19). The van der Waals surface area contributed by atoms with Gasteiger partial charge in [-0.25, -0.2) is 0 Å². The van der Waals surface area contributed by atoms with Crippen molar-refractivity contribution in [1.82, 2.24) is 5.32 Å². The summed E-state index contributed by atoms with van der Waals surface area (Å²) >= 11 is 11.8. The normalized spacial score (nSPS) is 12.1. The Balaban J connectivity index is 2.15. The summed E-state index contributed by atoms with van der Waals surface area (Å²) in [6.45, 7) is 1.10. The number of rotatable bonds is 10. The van der Waals surface area contributed by atoms with E-state index in [0.717, 1.165) is 0 Å². The van der Waals surface area contributed by atoms with Crippen molar-refractivity contribution in [3.8, 4) is 5.75 Å². The van der Waals surface area contributed by atoms with E-state index in [1.54, 1.807) is 18.2 Å². The predicted molar refractivity (Wildman–Crippen MR) is 80.8 cm³/mol. The molecule has 0 aliphatic heterocycles. The van der Waals surface area contributed by atoms with E-state index in [2.05, 4.69) is 5.32 Å². The van der Waals surface area contributed by atoms with Crippen LogP contribution in [0.1, 0.15) is 0 Å². The van der Waals surface area contributed by atoms with Crippen LogP contribution >= 0.6 is 23.2 Å². The molecule has 4 N–H and O–H groups in total. The molecule has 0 fully saturated rings. The fourth-order valence-corrected chi connectivity index (χ4v) is 1.75. The lowest BCUT2D eigenvalue weighted by Crippen LogP contribution is -2.33. The van der Waals surface area contributed by atoms with Gasteiger partial charge in [0.05, 0.1) is 11.6 Å². The zero-order valence-electron chi connectivity index (χ0n) is 11.4. The molecule has 1 aromatic carbocycles. The molecule has 0 radical (unpaired) electrons. The fourth-order valence-electron chi connectivity index (χ4n) is 1.42. The van der Waals surface area contributed by atoms with Crippen molar-refractivity contribution in [1.29, 1.82) is 0 Å². The van der Waals surface area contributed by atoms with Gasteiger partial charge in [-0.2, -0.15) is 0 Å². The average Bonchev–Trinajstić information content (AvgIpc) is 2.43. The van der Waals surface area contributed by atoms with Gasteiger partial charge in [0.25, 0.3) is 0 Å². The Kier molecular flexibility index (Phi) is 8.41. The summed E-state index contributed by atoms with van der Waals surface area (Å²) < 4.78 is 10.3. The second-order valence-corrected chi connectivity index (χ2v) is 5.11. The lowest BCUT2D eigenvalue weighted by Gasteiger charge is -2.14. The van der Waals surface area contributed by atoms with Gasteiger partial charge in [0.15, 0.2) is 0 Å². The Hall–Kier alpha value is -1.05. The van der Waals surface area contributed by atoms with Gasteiger partial charge in [-0.05, 0) is 12.1 Å². The maximum atomic E-state index is 10.4. The third kappa shape index (κ3) is 8.08. The lowest BCUT2D eigenvalue weighted by atomic mass is 10.3. The number of benzene rings is 1. The van der Waals surface area contributed by atoms with Gasteiger partial charge in [0.1, 0.15) is 25.1 Å². The molecule has 6 nitrogen and oxygen atoms in total. The first-order valence-electron chi connectivity index (χ1n) is 6.31. The van der Waals surface area contributed by atoms with Gasteiger partial charge in [0.2, 0.25) is 5.91 Å². The summed E-state index contributed by atoms with van der Waals surface area (Å²) in [5.41, 5.74) is 4.91. The number of halogens is 2. The van der Waals surface area contributed by atoms with Crippen LogP contribution in [0.2, 0.25) is 10.0 Å². The first kappa shape index (κ1) is 18.0. The van der Waals surface area contributed by atoms with E-state index in [-0.39, 0.29) is 13.2 Å². The molecular formula is C13H18Cl2N2O4. The molecule has 0 saturated heterocycles. The third-order valence-electron chi connectivity index (χ3n) is 2.37. The minimum absolute atomic E-state index is 0.0786. The van der Waals surface area contributed by atoms with Crippen molar-refractivity contribution in [3.63, 3.8) is 0 Å². The highest BCUT2D eigenvalue weighted by molar-refractivity contribution is 6.34. The highest BCUT2D eigenvalue weighted by atomic mass is 35.5. The zero-order valence-corrected chi connectivity index (χ0v) is 12.9. The highest BCUT2D eigenvalue weighted by Gasteiger charge is 2.08. The summed E-state index contributed by atoms with van der Waals surface area (Å²) in [6.07, 6.45) is -0.712. The number of hydrogen-bond acceptors (Lipinski definition) is 5. The molecule has 21 heavy (non-hydrogen) atoms. The molecule has 1 amide bonds. The summed E-state index contributed by atoms with van der Waals surface area (Å²) in [7, 11) is 0. The van der Waals surface area contributed by atoms with Crippen LogP contribution in [0.5, 0.6) is 5.75 Å². The summed E-state index contributed by atoms with van der Waals surface area (Å²) in [5, 5.41) is 13.6. The second kappa shape index (κ2) is 9.81. The molecule has 1 unspecified atom stereocenters. The Labute approximate surface area is 133 Å². The van der Waals surface area contributed by atoms with Gasteiger partial charge >= 0.3 is 0 Å². The van der Waals surface area contributed by atoms with Gasteiger partial charge in [-0.3, -0.25) is 4.79 Å². The molecule has 8 heteroatoms. The Morgan fingerprint density at radius 3 is 2.90 bits per heavy atom. The summed E-state index contributed by atoms with van der Waals surface area (Å²) in [4.78, 5) is 10.4. The minimum atomic E-state index is -0.712. The van der Waals surface area contributed by atoms with E-state index in [1.165, 1.54) is 0 Å². The van der Waals surface area contributed by atoms with Crippen LogP contribution in [-0.4, -0.2) is 50.0 Å². The number of carbonyl (C=O) groups is 1. The smallest absolute Gasteiger partial charge is 0.243 e.